The van der Waals surface area contributed by atoms with Gasteiger partial charge in [0, 0.05) is 52.3 Å². The van der Waals surface area contributed by atoms with E-state index in [0.717, 1.165) is 24.3 Å². The van der Waals surface area contributed by atoms with E-state index in [1.165, 1.54) is 18.2 Å². The Balaban J connectivity index is 1.58. The van der Waals surface area contributed by atoms with E-state index in [1.807, 2.05) is 11.0 Å². The number of nitrogens with one attached hydrogen (secondary N) is 1. The first-order valence-corrected chi connectivity index (χ1v) is 9.84. The van der Waals surface area contributed by atoms with Crippen molar-refractivity contribution in [2.75, 3.05) is 33.7 Å². The number of likely N-dealkylation sites (tertiary alicyclic amines) is 2. The van der Waals surface area contributed by atoms with Crippen LogP contribution in [0.15, 0.2) is 35.1 Å². The second-order valence-electron chi connectivity index (χ2n) is 8.27. The number of hydrogen-bond acceptors (Lipinski definition) is 4. The van der Waals surface area contributed by atoms with Crippen LogP contribution in [0.2, 0.25) is 0 Å². The number of urea groups is 1. The van der Waals surface area contributed by atoms with Crippen LogP contribution in [0.25, 0.3) is 0 Å². The summed E-state index contributed by atoms with van der Waals surface area (Å²) in [7, 11) is 3.48. The average molecular weight is 399 g/mol. The molecule has 154 valence electrons. The lowest BCUT2D eigenvalue weighted by Crippen LogP contribution is -2.41. The molecular weight excluding hydrogens is 373 g/mol. The highest BCUT2D eigenvalue weighted by atomic mass is 19.1. The molecule has 2 amide bonds. The van der Waals surface area contributed by atoms with Crippen molar-refractivity contribution in [1.29, 1.82) is 0 Å². The predicted molar refractivity (Wildman–Crippen MR) is 107 cm³/mol. The monoisotopic (exact) mass is 399 g/mol. The zero-order valence-corrected chi connectivity index (χ0v) is 16.9. The van der Waals surface area contributed by atoms with Gasteiger partial charge in [-0.2, -0.15) is 0 Å². The van der Waals surface area contributed by atoms with Crippen molar-refractivity contribution < 1.29 is 9.18 Å². The van der Waals surface area contributed by atoms with E-state index in [1.54, 1.807) is 32.0 Å². The number of rotatable bonds is 3. The summed E-state index contributed by atoms with van der Waals surface area (Å²) >= 11 is 0. The van der Waals surface area contributed by atoms with Crippen LogP contribution in [-0.2, 0) is 6.54 Å². The predicted octanol–water partition coefficient (Wildman–Crippen LogP) is 2.00. The van der Waals surface area contributed by atoms with Crippen molar-refractivity contribution in [3.63, 3.8) is 0 Å². The fourth-order valence-corrected chi connectivity index (χ4v) is 4.79. The van der Waals surface area contributed by atoms with E-state index in [9.17, 15) is 14.0 Å². The van der Waals surface area contributed by atoms with Crippen molar-refractivity contribution in [1.82, 2.24) is 24.7 Å². The minimum atomic E-state index is -0.291. The number of amides is 2. The maximum absolute atomic E-state index is 13.9. The van der Waals surface area contributed by atoms with E-state index in [-0.39, 0.29) is 29.4 Å². The van der Waals surface area contributed by atoms with Crippen molar-refractivity contribution in [2.24, 2.45) is 11.8 Å². The number of aromatic amines is 1. The number of carbonyl (C=O) groups is 1. The van der Waals surface area contributed by atoms with E-state index in [4.69, 9.17) is 0 Å². The molecule has 0 bridgehead atoms. The van der Waals surface area contributed by atoms with Crippen LogP contribution in [0.1, 0.15) is 23.1 Å². The van der Waals surface area contributed by atoms with Crippen LogP contribution in [0, 0.1) is 24.6 Å². The Morgan fingerprint density at radius 2 is 2.07 bits per heavy atom. The summed E-state index contributed by atoms with van der Waals surface area (Å²) in [5.41, 5.74) is 1.43. The van der Waals surface area contributed by atoms with Gasteiger partial charge in [-0.25, -0.2) is 14.2 Å². The second kappa shape index (κ2) is 7.59. The maximum atomic E-state index is 13.9. The molecule has 8 heteroatoms. The zero-order chi connectivity index (χ0) is 20.7. The largest absolute Gasteiger partial charge is 0.331 e. The van der Waals surface area contributed by atoms with Crippen molar-refractivity contribution >= 4 is 6.03 Å². The molecule has 1 aromatic heterocycles. The lowest BCUT2D eigenvalue weighted by molar-refractivity contribution is 0.151. The summed E-state index contributed by atoms with van der Waals surface area (Å²) in [5, 5.41) is 0. The van der Waals surface area contributed by atoms with Gasteiger partial charge in [0.1, 0.15) is 11.6 Å². The fraction of sp³-hybridized carbons (Fsp3) is 0.476. The van der Waals surface area contributed by atoms with Gasteiger partial charge in [0.2, 0.25) is 0 Å². The van der Waals surface area contributed by atoms with Gasteiger partial charge in [0.05, 0.1) is 11.7 Å². The summed E-state index contributed by atoms with van der Waals surface area (Å²) in [4.78, 5) is 37.3. The van der Waals surface area contributed by atoms with Gasteiger partial charge in [-0.1, -0.05) is 12.1 Å². The lowest BCUT2D eigenvalue weighted by Gasteiger charge is -2.31. The van der Waals surface area contributed by atoms with Crippen LogP contribution in [0.4, 0.5) is 9.18 Å². The maximum Gasteiger partial charge on any atom is 0.320 e. The first-order valence-electron chi connectivity index (χ1n) is 9.84. The SMILES string of the molecule is Cc1nc(CN2C[C@@H]3CN(C(=O)N(C)C)[C@@H](c4cccc(F)c4)[C@@H]3C2)cc(=O)[nH]1. The third-order valence-electron chi connectivity index (χ3n) is 5.86. The number of fused-ring (bicyclic) bond motifs is 1. The molecule has 3 atom stereocenters. The molecular formula is C21H26FN5O2. The smallest absolute Gasteiger partial charge is 0.320 e. The topological polar surface area (TPSA) is 72.5 Å². The second-order valence-corrected chi connectivity index (χ2v) is 8.27. The van der Waals surface area contributed by atoms with Crippen LogP contribution in [-0.4, -0.2) is 64.4 Å². The van der Waals surface area contributed by atoms with E-state index in [0.29, 0.717) is 24.8 Å². The Kier molecular flexibility index (Phi) is 5.12. The molecule has 0 unspecified atom stereocenters. The summed E-state index contributed by atoms with van der Waals surface area (Å²) in [5.74, 6) is 0.826. The molecule has 1 aromatic carbocycles. The van der Waals surface area contributed by atoms with Crippen molar-refractivity contribution in [3.8, 4) is 0 Å². The van der Waals surface area contributed by atoms with Gasteiger partial charge in [-0.05, 0) is 30.5 Å². The standard InChI is InChI=1S/C21H26FN5O2/c1-13-23-17(8-19(28)24-13)11-26-9-15-10-27(21(29)25(2)3)20(18(15)12-26)14-5-4-6-16(22)7-14/h4-8,15,18,20H,9-12H2,1-3H3,(H,23,24,28)/t15-,18-,20+/m1/s1. The van der Waals surface area contributed by atoms with Crippen molar-refractivity contribution in [2.45, 2.75) is 19.5 Å². The molecule has 0 radical (unpaired) electrons. The van der Waals surface area contributed by atoms with Crippen molar-refractivity contribution in [3.05, 3.63) is 63.6 Å². The first kappa shape index (κ1) is 19.6. The highest BCUT2D eigenvalue weighted by molar-refractivity contribution is 5.75. The number of halogens is 1. The van der Waals surface area contributed by atoms with Gasteiger partial charge in [-0.3, -0.25) is 9.69 Å². The highest BCUT2D eigenvalue weighted by Gasteiger charge is 2.49. The Morgan fingerprint density at radius 3 is 2.76 bits per heavy atom. The molecule has 7 nitrogen and oxygen atoms in total. The third kappa shape index (κ3) is 3.89. The van der Waals surface area contributed by atoms with Gasteiger partial charge < -0.3 is 14.8 Å². The molecule has 0 aliphatic carbocycles. The third-order valence-corrected chi connectivity index (χ3v) is 5.86. The molecule has 4 rings (SSSR count). The number of aryl methyl sites for hydroxylation is 1. The Morgan fingerprint density at radius 1 is 1.28 bits per heavy atom. The number of H-pyrrole nitrogens is 1. The Bertz CT molecular complexity index is 976. The zero-order valence-electron chi connectivity index (χ0n) is 16.9. The average Bonchev–Trinajstić information content (AvgIpc) is 3.16. The fourth-order valence-electron chi connectivity index (χ4n) is 4.79. The molecule has 2 saturated heterocycles. The number of carbonyl (C=O) groups excluding carboxylic acids is 1. The van der Waals surface area contributed by atoms with E-state index >= 15 is 0 Å². The molecule has 2 aromatic rings. The molecule has 1 N–H and O–H groups in total. The minimum absolute atomic E-state index is 0.0490. The molecule has 29 heavy (non-hydrogen) atoms. The molecule has 3 heterocycles. The normalized spacial score (nSPS) is 24.0. The quantitative estimate of drug-likeness (QED) is 0.857. The summed E-state index contributed by atoms with van der Waals surface area (Å²) in [6.07, 6.45) is 0. The minimum Gasteiger partial charge on any atom is -0.331 e. The first-order chi connectivity index (χ1) is 13.8. The van der Waals surface area contributed by atoms with Gasteiger partial charge in [0.15, 0.2) is 0 Å². The summed E-state index contributed by atoms with van der Waals surface area (Å²) in [6.45, 7) is 4.60. The number of benzene rings is 1. The molecule has 0 spiro atoms. The van der Waals surface area contributed by atoms with E-state index in [2.05, 4.69) is 14.9 Å². The number of hydrogen-bond donors (Lipinski definition) is 1. The summed E-state index contributed by atoms with van der Waals surface area (Å²) < 4.78 is 13.9. The number of nitrogens with zero attached hydrogens (tertiary/aromatic N) is 4. The van der Waals surface area contributed by atoms with Crippen LogP contribution < -0.4 is 5.56 Å². The van der Waals surface area contributed by atoms with Gasteiger partial charge in [0.25, 0.3) is 5.56 Å². The molecule has 0 saturated carbocycles. The molecule has 2 aliphatic rings. The Hall–Kier alpha value is -2.74. The molecule has 2 fully saturated rings. The van der Waals surface area contributed by atoms with Gasteiger partial charge >= 0.3 is 6.03 Å². The van der Waals surface area contributed by atoms with Crippen LogP contribution in [0.5, 0.6) is 0 Å². The van der Waals surface area contributed by atoms with E-state index < -0.39 is 0 Å². The highest BCUT2D eigenvalue weighted by Crippen LogP contribution is 2.45. The van der Waals surface area contributed by atoms with Crippen LogP contribution in [0.3, 0.4) is 0 Å². The molecule has 2 aliphatic heterocycles. The Labute approximate surface area is 169 Å². The summed E-state index contributed by atoms with van der Waals surface area (Å²) in [6, 6.07) is 7.88. The van der Waals surface area contributed by atoms with Crippen LogP contribution >= 0.6 is 0 Å². The number of aromatic nitrogens is 2. The van der Waals surface area contributed by atoms with Gasteiger partial charge in [-0.15, -0.1) is 0 Å². The lowest BCUT2D eigenvalue weighted by atomic mass is 9.89.